The Hall–Kier alpha value is -0.750. The highest BCUT2D eigenvalue weighted by Crippen LogP contribution is 2.36. The zero-order chi connectivity index (χ0) is 10.8. The molecule has 6 heteroatoms. The van der Waals surface area contributed by atoms with Crippen molar-refractivity contribution in [3.05, 3.63) is 23.9 Å². The zero-order valence-corrected chi connectivity index (χ0v) is 8.83. The minimum Gasteiger partial charge on any atom is -0.481 e. The van der Waals surface area contributed by atoms with Crippen LogP contribution in [0.2, 0.25) is 0 Å². The number of hydrogen-bond donors (Lipinski definition) is 1. The number of ether oxygens (including phenoxy) is 1. The first-order chi connectivity index (χ1) is 6.45. The first-order valence-electron chi connectivity index (χ1n) is 3.70. The largest absolute Gasteiger partial charge is 0.481 e. The fraction of sp³-hybridized carbons (Fsp3) is 0.375. The quantitative estimate of drug-likeness (QED) is 0.854. The van der Waals surface area contributed by atoms with E-state index in [9.17, 15) is 8.78 Å². The van der Waals surface area contributed by atoms with Gasteiger partial charge in [-0.25, -0.2) is 4.98 Å². The molecule has 1 N–H and O–H groups in total. The molecule has 1 unspecified atom stereocenters. The normalized spacial score (nSPS) is 13.8. The van der Waals surface area contributed by atoms with Gasteiger partial charge in [0, 0.05) is 17.8 Å². The molecule has 0 fully saturated rings. The van der Waals surface area contributed by atoms with Crippen LogP contribution in [0.1, 0.15) is 11.7 Å². The maximum Gasteiger partial charge on any atom is 0.330 e. The lowest BCUT2D eigenvalue weighted by atomic mass is 10.2. The number of hydrogen-bond acceptors (Lipinski definition) is 3. The lowest BCUT2D eigenvalue weighted by Crippen LogP contribution is -2.18. The summed E-state index contributed by atoms with van der Waals surface area (Å²) in [6.07, 6.45) is -0.778. The molecule has 0 saturated carbocycles. The smallest absolute Gasteiger partial charge is 0.330 e. The van der Waals surface area contributed by atoms with Gasteiger partial charge < -0.3 is 9.84 Å². The molecule has 0 bridgehead atoms. The Morgan fingerprint density at radius 3 is 2.57 bits per heavy atom. The number of pyridine rings is 1. The molecule has 0 aliphatic carbocycles. The number of nitrogens with zero attached hydrogens (tertiary/aromatic N) is 1. The van der Waals surface area contributed by atoms with Crippen LogP contribution in [0.15, 0.2) is 18.3 Å². The molecule has 0 aliphatic rings. The third kappa shape index (κ3) is 2.62. The first-order valence-corrected chi connectivity index (χ1v) is 4.49. The molecule has 0 aromatic carbocycles. The van der Waals surface area contributed by atoms with E-state index in [0.717, 1.165) is 6.20 Å². The van der Waals surface area contributed by atoms with Crippen molar-refractivity contribution in [2.24, 2.45) is 0 Å². The number of alkyl halides is 3. The van der Waals surface area contributed by atoms with E-state index in [2.05, 4.69) is 20.9 Å². The van der Waals surface area contributed by atoms with E-state index in [1.807, 2.05) is 0 Å². The monoisotopic (exact) mass is 267 g/mol. The molecular formula is C8H8BrF2NO2. The summed E-state index contributed by atoms with van der Waals surface area (Å²) in [5, 5.41) is 9.14. The maximum absolute atomic E-state index is 12.6. The Labute approximate surface area is 87.9 Å². The van der Waals surface area contributed by atoms with Gasteiger partial charge in [-0.15, -0.1) is 0 Å². The predicted octanol–water partition coefficient (Wildman–Crippen LogP) is 2.11. The van der Waals surface area contributed by atoms with Crippen LogP contribution in [0.25, 0.3) is 0 Å². The zero-order valence-electron chi connectivity index (χ0n) is 7.25. The van der Waals surface area contributed by atoms with Crippen LogP contribution in [0.3, 0.4) is 0 Å². The molecule has 1 heterocycles. The van der Waals surface area contributed by atoms with Crippen LogP contribution in [0.5, 0.6) is 5.88 Å². The van der Waals surface area contributed by atoms with Crippen LogP contribution < -0.4 is 4.74 Å². The first kappa shape index (κ1) is 11.3. The fourth-order valence-corrected chi connectivity index (χ4v) is 1.13. The van der Waals surface area contributed by atoms with E-state index in [4.69, 9.17) is 9.84 Å². The van der Waals surface area contributed by atoms with Gasteiger partial charge in [-0.2, -0.15) is 8.78 Å². The Balaban J connectivity index is 2.87. The van der Waals surface area contributed by atoms with Crippen LogP contribution in [-0.2, 0) is 0 Å². The summed E-state index contributed by atoms with van der Waals surface area (Å²) in [5.41, 5.74) is 0.0210. The molecule has 1 atom stereocenters. The molecule has 14 heavy (non-hydrogen) atoms. The van der Waals surface area contributed by atoms with E-state index in [1.165, 1.54) is 19.2 Å². The Kier molecular flexibility index (Phi) is 3.38. The molecular weight excluding hydrogens is 260 g/mol. The minimum atomic E-state index is -3.36. The topological polar surface area (TPSA) is 42.4 Å². The van der Waals surface area contributed by atoms with Gasteiger partial charge >= 0.3 is 4.83 Å². The van der Waals surface area contributed by atoms with Crippen LogP contribution >= 0.6 is 15.9 Å². The van der Waals surface area contributed by atoms with Gasteiger partial charge in [0.1, 0.15) is 0 Å². The van der Waals surface area contributed by atoms with Crippen molar-refractivity contribution < 1.29 is 18.6 Å². The fourth-order valence-electron chi connectivity index (χ4n) is 0.863. The van der Waals surface area contributed by atoms with E-state index < -0.39 is 10.9 Å². The van der Waals surface area contributed by atoms with Crippen molar-refractivity contribution in [2.45, 2.75) is 10.9 Å². The molecule has 0 saturated heterocycles. The Morgan fingerprint density at radius 2 is 2.21 bits per heavy atom. The number of halogens is 3. The van der Waals surface area contributed by atoms with Crippen LogP contribution in [-0.4, -0.2) is 22.0 Å². The number of aromatic nitrogens is 1. The second-order valence-electron chi connectivity index (χ2n) is 2.58. The van der Waals surface area contributed by atoms with E-state index >= 15 is 0 Å². The van der Waals surface area contributed by atoms with Gasteiger partial charge in [0.15, 0.2) is 6.10 Å². The average molecular weight is 268 g/mol. The Morgan fingerprint density at radius 1 is 1.57 bits per heavy atom. The molecule has 0 amide bonds. The summed E-state index contributed by atoms with van der Waals surface area (Å²) < 4.78 is 29.9. The number of aliphatic hydroxyl groups is 1. The lowest BCUT2D eigenvalue weighted by molar-refractivity contribution is -0.0296. The van der Waals surface area contributed by atoms with Gasteiger partial charge in [-0.1, -0.05) is 0 Å². The van der Waals surface area contributed by atoms with Crippen molar-refractivity contribution in [2.75, 3.05) is 7.11 Å². The molecule has 0 radical (unpaired) electrons. The van der Waals surface area contributed by atoms with Crippen molar-refractivity contribution in [3.63, 3.8) is 0 Å². The predicted molar refractivity (Wildman–Crippen MR) is 49.6 cm³/mol. The molecule has 1 aromatic heterocycles. The van der Waals surface area contributed by atoms with Crippen molar-refractivity contribution in [3.8, 4) is 5.88 Å². The summed E-state index contributed by atoms with van der Waals surface area (Å²) in [7, 11) is 1.41. The molecule has 1 rings (SSSR count). The number of aliphatic hydroxyl groups excluding tert-OH is 1. The van der Waals surface area contributed by atoms with E-state index in [0.29, 0.717) is 5.88 Å². The summed E-state index contributed by atoms with van der Waals surface area (Å²) in [4.78, 5) is 0.338. The Bertz CT molecular complexity index is 299. The van der Waals surface area contributed by atoms with Crippen molar-refractivity contribution in [1.29, 1.82) is 0 Å². The van der Waals surface area contributed by atoms with Gasteiger partial charge in [-0.05, 0) is 22.0 Å². The second-order valence-corrected chi connectivity index (χ2v) is 3.64. The van der Waals surface area contributed by atoms with Crippen molar-refractivity contribution >= 4 is 15.9 Å². The van der Waals surface area contributed by atoms with E-state index in [1.54, 1.807) is 0 Å². The van der Waals surface area contributed by atoms with Crippen LogP contribution in [0.4, 0.5) is 8.78 Å². The number of methoxy groups -OCH3 is 1. The highest BCUT2D eigenvalue weighted by Gasteiger charge is 2.36. The molecule has 78 valence electrons. The van der Waals surface area contributed by atoms with Crippen LogP contribution in [0, 0.1) is 0 Å². The third-order valence-electron chi connectivity index (χ3n) is 1.59. The van der Waals surface area contributed by atoms with E-state index in [-0.39, 0.29) is 5.56 Å². The highest BCUT2D eigenvalue weighted by molar-refractivity contribution is 9.10. The highest BCUT2D eigenvalue weighted by atomic mass is 79.9. The second kappa shape index (κ2) is 4.18. The number of rotatable bonds is 3. The SMILES string of the molecule is COc1ccc(C(O)C(F)(F)Br)cn1. The summed E-state index contributed by atoms with van der Waals surface area (Å²) in [6, 6.07) is 2.73. The average Bonchev–Trinajstić information content (AvgIpc) is 2.15. The molecule has 3 nitrogen and oxygen atoms in total. The maximum atomic E-state index is 12.6. The summed E-state index contributed by atoms with van der Waals surface area (Å²) in [6.45, 7) is 0. The van der Waals surface area contributed by atoms with Gasteiger partial charge in [0.25, 0.3) is 0 Å². The van der Waals surface area contributed by atoms with Gasteiger partial charge in [0.05, 0.1) is 7.11 Å². The molecule has 0 spiro atoms. The third-order valence-corrected chi connectivity index (χ3v) is 2.03. The van der Waals surface area contributed by atoms with Crippen molar-refractivity contribution in [1.82, 2.24) is 4.98 Å². The summed E-state index contributed by atoms with van der Waals surface area (Å²) in [5.74, 6) is 0.304. The van der Waals surface area contributed by atoms with Gasteiger partial charge in [-0.3, -0.25) is 0 Å². The van der Waals surface area contributed by atoms with Gasteiger partial charge in [0.2, 0.25) is 5.88 Å². The molecule has 1 aromatic rings. The summed E-state index contributed by atoms with van der Waals surface area (Å²) >= 11 is 2.07. The molecule has 0 aliphatic heterocycles. The lowest BCUT2D eigenvalue weighted by Gasteiger charge is -2.16. The minimum absolute atomic E-state index is 0.0210. The standard InChI is InChI=1S/C8H8BrF2NO2/c1-14-6-3-2-5(4-12-6)7(13)8(9,10)11/h2-4,7,13H,1H3.